The summed E-state index contributed by atoms with van der Waals surface area (Å²) in [7, 11) is 1.67. The zero-order chi connectivity index (χ0) is 13.5. The third kappa shape index (κ3) is 4.31. The van der Waals surface area contributed by atoms with E-state index in [-0.39, 0.29) is 12.1 Å². The molecule has 3 nitrogen and oxygen atoms in total. The van der Waals surface area contributed by atoms with Crippen LogP contribution in [-0.4, -0.2) is 19.8 Å². The van der Waals surface area contributed by atoms with Gasteiger partial charge in [-0.15, -0.1) is 0 Å². The first kappa shape index (κ1) is 15.0. The molecule has 0 aliphatic heterocycles. The van der Waals surface area contributed by atoms with Crippen LogP contribution in [0.15, 0.2) is 18.2 Å². The maximum Gasteiger partial charge on any atom is 0.123 e. The lowest BCUT2D eigenvalue weighted by Gasteiger charge is -2.19. The largest absolute Gasteiger partial charge is 0.496 e. The quantitative estimate of drug-likeness (QED) is 0.809. The number of methoxy groups -OCH3 is 1. The second-order valence-electron chi connectivity index (χ2n) is 4.78. The van der Waals surface area contributed by atoms with E-state index in [1.165, 1.54) is 5.56 Å². The Bertz CT molecular complexity index is 366. The van der Waals surface area contributed by atoms with Crippen molar-refractivity contribution in [3.63, 3.8) is 0 Å². The molecule has 0 aliphatic rings. The van der Waals surface area contributed by atoms with Crippen LogP contribution in [0.1, 0.15) is 43.9 Å². The molecule has 0 bridgehead atoms. The van der Waals surface area contributed by atoms with Crippen molar-refractivity contribution in [2.75, 3.05) is 13.7 Å². The monoisotopic (exact) mass is 251 g/mol. The van der Waals surface area contributed by atoms with E-state index in [0.717, 1.165) is 24.2 Å². The summed E-state index contributed by atoms with van der Waals surface area (Å²) in [4.78, 5) is 0. The number of rotatable bonds is 7. The van der Waals surface area contributed by atoms with Gasteiger partial charge in [0.15, 0.2) is 0 Å². The topological polar surface area (TPSA) is 44.5 Å². The van der Waals surface area contributed by atoms with Crippen LogP contribution in [0, 0.1) is 6.92 Å². The number of nitrogens with two attached hydrogens (primary N) is 1. The van der Waals surface area contributed by atoms with Crippen molar-refractivity contribution >= 4 is 0 Å². The molecule has 0 heterocycles. The van der Waals surface area contributed by atoms with Crippen molar-refractivity contribution in [2.45, 2.75) is 45.8 Å². The van der Waals surface area contributed by atoms with Gasteiger partial charge in [-0.05, 0) is 26.3 Å². The Morgan fingerprint density at radius 2 is 2.06 bits per heavy atom. The van der Waals surface area contributed by atoms with Gasteiger partial charge in [0.05, 0.1) is 25.9 Å². The van der Waals surface area contributed by atoms with Gasteiger partial charge < -0.3 is 15.2 Å². The molecule has 2 N–H and O–H groups in total. The number of benzene rings is 1. The first-order valence-electron chi connectivity index (χ1n) is 6.60. The molecule has 102 valence electrons. The Balaban J connectivity index is 2.65. The molecule has 0 fully saturated rings. The highest BCUT2D eigenvalue weighted by Crippen LogP contribution is 2.25. The van der Waals surface area contributed by atoms with Crippen LogP contribution >= 0.6 is 0 Å². The standard InChI is InChI=1S/C15H25NO2/c1-5-6-12(3)18-10-14(16)13-9-11(2)7-8-15(13)17-4/h7-9,12,14H,5-6,10,16H2,1-4H3. The summed E-state index contributed by atoms with van der Waals surface area (Å²) in [6.07, 6.45) is 2.46. The van der Waals surface area contributed by atoms with Crippen LogP contribution < -0.4 is 10.5 Å². The van der Waals surface area contributed by atoms with E-state index in [0.29, 0.717) is 6.61 Å². The molecule has 0 amide bonds. The fourth-order valence-electron chi connectivity index (χ4n) is 1.99. The molecule has 3 heteroatoms. The van der Waals surface area contributed by atoms with Gasteiger partial charge in [-0.3, -0.25) is 0 Å². The van der Waals surface area contributed by atoms with Crippen molar-refractivity contribution in [2.24, 2.45) is 5.73 Å². The van der Waals surface area contributed by atoms with Gasteiger partial charge in [0.1, 0.15) is 5.75 Å². The Morgan fingerprint density at radius 3 is 2.67 bits per heavy atom. The first-order chi connectivity index (χ1) is 8.58. The number of ether oxygens (including phenoxy) is 2. The Labute approximate surface area is 110 Å². The maximum atomic E-state index is 6.18. The number of aryl methyl sites for hydroxylation is 1. The normalized spacial score (nSPS) is 14.3. The fraction of sp³-hybridized carbons (Fsp3) is 0.600. The highest BCUT2D eigenvalue weighted by molar-refractivity contribution is 5.39. The summed E-state index contributed by atoms with van der Waals surface area (Å²) >= 11 is 0. The van der Waals surface area contributed by atoms with Gasteiger partial charge in [-0.2, -0.15) is 0 Å². The van der Waals surface area contributed by atoms with Crippen molar-refractivity contribution in [3.05, 3.63) is 29.3 Å². The molecule has 0 saturated heterocycles. The van der Waals surface area contributed by atoms with Crippen LogP contribution in [0.2, 0.25) is 0 Å². The van der Waals surface area contributed by atoms with Crippen molar-refractivity contribution in [3.8, 4) is 5.75 Å². The van der Waals surface area contributed by atoms with Crippen LogP contribution in [0.5, 0.6) is 5.75 Å². The summed E-state index contributed by atoms with van der Waals surface area (Å²) in [6.45, 7) is 6.82. The predicted octanol–water partition coefficient (Wildman–Crippen LogP) is 3.21. The third-order valence-electron chi connectivity index (χ3n) is 3.04. The van der Waals surface area contributed by atoms with E-state index in [2.05, 4.69) is 26.8 Å². The molecule has 2 atom stereocenters. The molecule has 18 heavy (non-hydrogen) atoms. The van der Waals surface area contributed by atoms with E-state index in [1.807, 2.05) is 12.1 Å². The van der Waals surface area contributed by atoms with Gasteiger partial charge in [0, 0.05) is 5.56 Å². The minimum Gasteiger partial charge on any atom is -0.496 e. The van der Waals surface area contributed by atoms with Gasteiger partial charge in [0.2, 0.25) is 0 Å². The maximum absolute atomic E-state index is 6.18. The average molecular weight is 251 g/mol. The van der Waals surface area contributed by atoms with E-state index >= 15 is 0 Å². The fourth-order valence-corrected chi connectivity index (χ4v) is 1.99. The number of hydrogen-bond donors (Lipinski definition) is 1. The minimum absolute atomic E-state index is 0.140. The molecule has 1 rings (SSSR count). The molecule has 1 aromatic rings. The second kappa shape index (κ2) is 7.39. The predicted molar refractivity (Wildman–Crippen MR) is 75.0 cm³/mol. The molecule has 0 saturated carbocycles. The van der Waals surface area contributed by atoms with Gasteiger partial charge in [-0.25, -0.2) is 0 Å². The summed E-state index contributed by atoms with van der Waals surface area (Å²) < 4.78 is 11.1. The second-order valence-corrected chi connectivity index (χ2v) is 4.78. The molecular formula is C15H25NO2. The van der Waals surface area contributed by atoms with Crippen LogP contribution in [0.25, 0.3) is 0 Å². The summed E-state index contributed by atoms with van der Waals surface area (Å²) in [5.74, 6) is 0.833. The minimum atomic E-state index is -0.140. The SMILES string of the molecule is CCCC(C)OCC(N)c1cc(C)ccc1OC. The molecule has 0 aliphatic carbocycles. The van der Waals surface area contributed by atoms with Crippen LogP contribution in [0.3, 0.4) is 0 Å². The average Bonchev–Trinajstić information content (AvgIpc) is 2.36. The Morgan fingerprint density at radius 1 is 1.33 bits per heavy atom. The zero-order valence-corrected chi connectivity index (χ0v) is 11.9. The molecule has 0 radical (unpaired) electrons. The van der Waals surface area contributed by atoms with E-state index < -0.39 is 0 Å². The molecule has 2 unspecified atom stereocenters. The summed E-state index contributed by atoms with van der Waals surface area (Å²) in [6, 6.07) is 5.91. The lowest BCUT2D eigenvalue weighted by molar-refractivity contribution is 0.0499. The van der Waals surface area contributed by atoms with Crippen molar-refractivity contribution < 1.29 is 9.47 Å². The van der Waals surface area contributed by atoms with Crippen LogP contribution in [-0.2, 0) is 4.74 Å². The van der Waals surface area contributed by atoms with E-state index in [1.54, 1.807) is 7.11 Å². The van der Waals surface area contributed by atoms with Crippen molar-refractivity contribution in [1.82, 2.24) is 0 Å². The van der Waals surface area contributed by atoms with E-state index in [9.17, 15) is 0 Å². The highest BCUT2D eigenvalue weighted by atomic mass is 16.5. The van der Waals surface area contributed by atoms with Gasteiger partial charge in [0.25, 0.3) is 0 Å². The van der Waals surface area contributed by atoms with Gasteiger partial charge >= 0.3 is 0 Å². The Kier molecular flexibility index (Phi) is 6.16. The van der Waals surface area contributed by atoms with Crippen molar-refractivity contribution in [1.29, 1.82) is 0 Å². The summed E-state index contributed by atoms with van der Waals surface area (Å²) in [5.41, 5.74) is 8.38. The zero-order valence-electron chi connectivity index (χ0n) is 11.9. The lowest BCUT2D eigenvalue weighted by Crippen LogP contribution is -2.21. The Hall–Kier alpha value is -1.06. The smallest absolute Gasteiger partial charge is 0.123 e. The molecular weight excluding hydrogens is 226 g/mol. The van der Waals surface area contributed by atoms with E-state index in [4.69, 9.17) is 15.2 Å². The van der Waals surface area contributed by atoms with Crippen LogP contribution in [0.4, 0.5) is 0 Å². The molecule has 0 aromatic heterocycles. The highest BCUT2D eigenvalue weighted by Gasteiger charge is 2.13. The number of hydrogen-bond acceptors (Lipinski definition) is 3. The van der Waals surface area contributed by atoms with Gasteiger partial charge in [-0.1, -0.05) is 31.0 Å². The third-order valence-corrected chi connectivity index (χ3v) is 3.04. The molecule has 0 spiro atoms. The first-order valence-corrected chi connectivity index (χ1v) is 6.60. The lowest BCUT2D eigenvalue weighted by atomic mass is 10.0. The molecule has 1 aromatic carbocycles. The summed E-state index contributed by atoms with van der Waals surface area (Å²) in [5, 5.41) is 0.